The van der Waals surface area contributed by atoms with E-state index in [1.165, 1.54) is 38.4 Å². The van der Waals surface area contributed by atoms with Crippen molar-refractivity contribution in [3.8, 4) is 5.75 Å². The molecule has 0 aromatic carbocycles. The zero-order valence-corrected chi connectivity index (χ0v) is 12.4. The van der Waals surface area contributed by atoms with Gasteiger partial charge in [-0.2, -0.15) is 0 Å². The molecule has 6 nitrogen and oxygen atoms in total. The van der Waals surface area contributed by atoms with Crippen LogP contribution in [0.4, 0.5) is 11.6 Å². The molecule has 2 rings (SSSR count). The van der Waals surface area contributed by atoms with Crippen LogP contribution in [0.25, 0.3) is 0 Å². The zero-order chi connectivity index (χ0) is 14.4. The van der Waals surface area contributed by atoms with Crippen molar-refractivity contribution in [2.45, 2.75) is 39.0 Å². The summed E-state index contributed by atoms with van der Waals surface area (Å²) in [6.07, 6.45) is 7.84. The molecule has 0 amide bonds. The van der Waals surface area contributed by atoms with Gasteiger partial charge in [-0.3, -0.25) is 0 Å². The lowest BCUT2D eigenvalue weighted by atomic mass is 9.96. The summed E-state index contributed by atoms with van der Waals surface area (Å²) in [5, 5.41) is 0. The van der Waals surface area contributed by atoms with Gasteiger partial charge in [-0.15, -0.1) is 0 Å². The number of aromatic nitrogens is 2. The average molecular weight is 279 g/mol. The molecule has 0 spiro atoms. The predicted octanol–water partition coefficient (Wildman–Crippen LogP) is 2.18. The first-order valence-corrected chi connectivity index (χ1v) is 7.40. The fourth-order valence-electron chi connectivity index (χ4n) is 2.95. The number of anilines is 2. The van der Waals surface area contributed by atoms with Gasteiger partial charge in [0.2, 0.25) is 5.75 Å². The summed E-state index contributed by atoms with van der Waals surface area (Å²) in [6.45, 7) is 4.29. The first-order valence-electron chi connectivity index (χ1n) is 7.40. The number of nitrogens with one attached hydrogen (secondary N) is 1. The van der Waals surface area contributed by atoms with Crippen molar-refractivity contribution in [3.63, 3.8) is 0 Å². The third-order valence-electron chi connectivity index (χ3n) is 3.97. The summed E-state index contributed by atoms with van der Waals surface area (Å²) < 4.78 is 5.43. The topological polar surface area (TPSA) is 76.3 Å². The number of methoxy groups -OCH3 is 1. The Hall–Kier alpha value is -1.56. The molecule has 0 radical (unpaired) electrons. The van der Waals surface area contributed by atoms with Crippen LogP contribution in [0.5, 0.6) is 5.75 Å². The van der Waals surface area contributed by atoms with Crippen LogP contribution in [-0.2, 0) is 0 Å². The third kappa shape index (κ3) is 3.30. The average Bonchev–Trinajstić information content (AvgIpc) is 2.72. The lowest BCUT2D eigenvalue weighted by Gasteiger charge is -2.24. The molecule has 2 heterocycles. The van der Waals surface area contributed by atoms with Gasteiger partial charge in [-0.1, -0.05) is 19.8 Å². The van der Waals surface area contributed by atoms with Gasteiger partial charge in [0.15, 0.2) is 11.6 Å². The summed E-state index contributed by atoms with van der Waals surface area (Å²) in [5.74, 6) is 8.32. The Bertz CT molecular complexity index is 426. The van der Waals surface area contributed by atoms with E-state index in [0.29, 0.717) is 11.6 Å². The van der Waals surface area contributed by atoms with Crippen molar-refractivity contribution < 1.29 is 4.74 Å². The first kappa shape index (κ1) is 14.8. The highest BCUT2D eigenvalue weighted by molar-refractivity contribution is 5.64. The van der Waals surface area contributed by atoms with Gasteiger partial charge in [0, 0.05) is 13.1 Å². The minimum Gasteiger partial charge on any atom is -0.490 e. The number of hydrogen-bond donors (Lipinski definition) is 2. The number of nitrogens with zero attached hydrogens (tertiary/aromatic N) is 3. The number of rotatable bonds is 5. The molecule has 20 heavy (non-hydrogen) atoms. The van der Waals surface area contributed by atoms with Crippen LogP contribution in [0.3, 0.4) is 0 Å². The van der Waals surface area contributed by atoms with Crippen LogP contribution in [-0.4, -0.2) is 30.2 Å². The molecule has 1 atom stereocenters. The Morgan fingerprint density at radius 1 is 1.40 bits per heavy atom. The lowest BCUT2D eigenvalue weighted by molar-refractivity contribution is 0.411. The molecule has 1 saturated heterocycles. The molecule has 1 aliphatic heterocycles. The van der Waals surface area contributed by atoms with Crippen molar-refractivity contribution in [1.29, 1.82) is 0 Å². The maximum absolute atomic E-state index is 5.48. The highest BCUT2D eigenvalue weighted by Gasteiger charge is 2.21. The Labute approximate surface area is 120 Å². The number of nitrogen functional groups attached to an aromatic ring is 1. The van der Waals surface area contributed by atoms with Gasteiger partial charge in [-0.05, 0) is 25.2 Å². The number of ether oxygens (including phenoxy) is 1. The molecular formula is C14H25N5O. The Morgan fingerprint density at radius 2 is 2.25 bits per heavy atom. The maximum Gasteiger partial charge on any atom is 0.205 e. The molecule has 1 fully saturated rings. The van der Waals surface area contributed by atoms with Crippen LogP contribution in [0.1, 0.15) is 39.0 Å². The van der Waals surface area contributed by atoms with Gasteiger partial charge in [0.1, 0.15) is 6.33 Å². The molecule has 6 heteroatoms. The van der Waals surface area contributed by atoms with Gasteiger partial charge in [0.25, 0.3) is 0 Å². The Kier molecular flexibility index (Phi) is 5.40. The van der Waals surface area contributed by atoms with E-state index in [2.05, 4.69) is 27.2 Å². The van der Waals surface area contributed by atoms with Crippen LogP contribution in [0.2, 0.25) is 0 Å². The van der Waals surface area contributed by atoms with Crippen molar-refractivity contribution in [2.24, 2.45) is 11.8 Å². The summed E-state index contributed by atoms with van der Waals surface area (Å²) in [7, 11) is 1.63. The molecule has 1 aromatic rings. The number of hydrogen-bond acceptors (Lipinski definition) is 6. The predicted molar refractivity (Wildman–Crippen MR) is 80.9 cm³/mol. The standard InChI is InChI=1S/C14H25N5O/c1-3-5-11-6-4-8-19(9-7-11)14-12(20-2)13(18-15)16-10-17-14/h10-11H,3-9,15H2,1-2H3,(H,16,17,18). The molecule has 1 aromatic heterocycles. The van der Waals surface area contributed by atoms with Crippen LogP contribution in [0.15, 0.2) is 6.33 Å². The lowest BCUT2D eigenvalue weighted by Crippen LogP contribution is -2.26. The van der Waals surface area contributed by atoms with Crippen molar-refractivity contribution >= 4 is 11.6 Å². The molecule has 1 unspecified atom stereocenters. The number of nitrogens with two attached hydrogens (primary N) is 1. The molecular weight excluding hydrogens is 254 g/mol. The Morgan fingerprint density at radius 3 is 2.95 bits per heavy atom. The molecule has 0 aliphatic carbocycles. The summed E-state index contributed by atoms with van der Waals surface area (Å²) in [5.41, 5.74) is 2.57. The van der Waals surface area contributed by atoms with Crippen LogP contribution in [0, 0.1) is 5.92 Å². The fourth-order valence-corrected chi connectivity index (χ4v) is 2.95. The second-order valence-electron chi connectivity index (χ2n) is 5.30. The van der Waals surface area contributed by atoms with E-state index >= 15 is 0 Å². The number of hydrazine groups is 1. The molecule has 112 valence electrons. The van der Waals surface area contributed by atoms with Gasteiger partial charge < -0.3 is 15.1 Å². The van der Waals surface area contributed by atoms with Crippen molar-refractivity contribution in [3.05, 3.63) is 6.33 Å². The van der Waals surface area contributed by atoms with E-state index < -0.39 is 0 Å². The van der Waals surface area contributed by atoms with Crippen LogP contribution < -0.4 is 20.9 Å². The van der Waals surface area contributed by atoms with Crippen molar-refractivity contribution in [1.82, 2.24) is 9.97 Å². The monoisotopic (exact) mass is 279 g/mol. The van der Waals surface area contributed by atoms with Crippen LogP contribution >= 0.6 is 0 Å². The first-order chi connectivity index (χ1) is 9.80. The summed E-state index contributed by atoms with van der Waals surface area (Å²) >= 11 is 0. The van der Waals surface area contributed by atoms with E-state index in [0.717, 1.165) is 24.8 Å². The SMILES string of the molecule is CCCC1CCCN(c2ncnc(NN)c2OC)CC1. The summed E-state index contributed by atoms with van der Waals surface area (Å²) in [4.78, 5) is 10.8. The smallest absolute Gasteiger partial charge is 0.205 e. The minimum atomic E-state index is 0.534. The van der Waals surface area contributed by atoms with Gasteiger partial charge in [-0.25, -0.2) is 15.8 Å². The molecule has 3 N–H and O–H groups in total. The maximum atomic E-state index is 5.48. The molecule has 0 bridgehead atoms. The highest BCUT2D eigenvalue weighted by atomic mass is 16.5. The van der Waals surface area contributed by atoms with E-state index in [-0.39, 0.29) is 0 Å². The van der Waals surface area contributed by atoms with Gasteiger partial charge in [0.05, 0.1) is 7.11 Å². The zero-order valence-electron chi connectivity index (χ0n) is 12.4. The van der Waals surface area contributed by atoms with E-state index in [1.54, 1.807) is 7.11 Å². The van der Waals surface area contributed by atoms with Gasteiger partial charge >= 0.3 is 0 Å². The molecule has 0 saturated carbocycles. The van der Waals surface area contributed by atoms with E-state index in [4.69, 9.17) is 10.6 Å². The summed E-state index contributed by atoms with van der Waals surface area (Å²) in [6, 6.07) is 0. The largest absolute Gasteiger partial charge is 0.490 e. The Balaban J connectivity index is 2.15. The quantitative estimate of drug-likeness (QED) is 0.635. The van der Waals surface area contributed by atoms with E-state index in [1.807, 2.05) is 0 Å². The fraction of sp³-hybridized carbons (Fsp3) is 0.714. The highest BCUT2D eigenvalue weighted by Crippen LogP contribution is 2.33. The normalized spacial score (nSPS) is 19.6. The van der Waals surface area contributed by atoms with E-state index in [9.17, 15) is 0 Å². The minimum absolute atomic E-state index is 0.534. The third-order valence-corrected chi connectivity index (χ3v) is 3.97. The second-order valence-corrected chi connectivity index (χ2v) is 5.30. The molecule has 1 aliphatic rings. The second kappa shape index (κ2) is 7.28. The van der Waals surface area contributed by atoms with Crippen molar-refractivity contribution in [2.75, 3.05) is 30.5 Å².